The molecule has 17 heavy (non-hydrogen) atoms. The Morgan fingerprint density at radius 3 is 2.71 bits per heavy atom. The van der Waals surface area contributed by atoms with Crippen molar-refractivity contribution >= 4 is 5.69 Å². The molecule has 2 N–H and O–H groups in total. The molecule has 1 heterocycles. The molecule has 1 aromatic carbocycles. The predicted octanol–water partition coefficient (Wildman–Crippen LogP) is 1.70. The lowest BCUT2D eigenvalue weighted by molar-refractivity contribution is -0.384. The van der Waals surface area contributed by atoms with Crippen LogP contribution in [0.4, 0.5) is 5.69 Å². The summed E-state index contributed by atoms with van der Waals surface area (Å²) in [6.45, 7) is 0.660. The van der Waals surface area contributed by atoms with Crippen molar-refractivity contribution in [3.8, 4) is 11.3 Å². The molecule has 0 amide bonds. The van der Waals surface area contributed by atoms with Gasteiger partial charge in [-0.15, -0.1) is 0 Å². The van der Waals surface area contributed by atoms with Crippen molar-refractivity contribution in [1.82, 2.24) is 15.3 Å². The van der Waals surface area contributed by atoms with Crippen LogP contribution in [0.25, 0.3) is 11.3 Å². The quantitative estimate of drug-likeness (QED) is 0.620. The zero-order valence-electron chi connectivity index (χ0n) is 9.30. The van der Waals surface area contributed by atoms with Gasteiger partial charge < -0.3 is 10.3 Å². The summed E-state index contributed by atoms with van der Waals surface area (Å²) in [6, 6.07) is 6.37. The van der Waals surface area contributed by atoms with Crippen molar-refractivity contribution in [1.29, 1.82) is 0 Å². The lowest BCUT2D eigenvalue weighted by atomic mass is 10.1. The molecule has 0 saturated carbocycles. The molecule has 6 heteroatoms. The number of rotatable bonds is 4. The third-order valence-electron chi connectivity index (χ3n) is 2.36. The topological polar surface area (TPSA) is 83.8 Å². The van der Waals surface area contributed by atoms with Crippen LogP contribution in [-0.4, -0.2) is 21.9 Å². The minimum Gasteiger partial charge on any atom is -0.341 e. The minimum atomic E-state index is -0.414. The lowest BCUT2D eigenvalue weighted by Gasteiger charge is -1.97. The van der Waals surface area contributed by atoms with E-state index in [4.69, 9.17) is 0 Å². The predicted molar refractivity (Wildman–Crippen MR) is 63.4 cm³/mol. The number of nitrogens with zero attached hydrogens (tertiary/aromatic N) is 2. The van der Waals surface area contributed by atoms with E-state index in [0.717, 1.165) is 17.1 Å². The summed E-state index contributed by atoms with van der Waals surface area (Å²) in [6.07, 6.45) is 1.72. The van der Waals surface area contributed by atoms with Crippen LogP contribution in [0.1, 0.15) is 5.82 Å². The monoisotopic (exact) mass is 232 g/mol. The van der Waals surface area contributed by atoms with E-state index in [9.17, 15) is 10.1 Å². The minimum absolute atomic E-state index is 0.0868. The Hall–Kier alpha value is -2.21. The van der Waals surface area contributed by atoms with Crippen LogP contribution in [0, 0.1) is 10.1 Å². The van der Waals surface area contributed by atoms with Crippen LogP contribution >= 0.6 is 0 Å². The standard InChI is InChI=1S/C11H12N4O2/c1-12-7-11-13-6-10(14-11)8-2-4-9(5-3-8)15(16)17/h2-6,12H,7H2,1H3,(H,13,14). The molecule has 0 fully saturated rings. The van der Waals surface area contributed by atoms with Gasteiger partial charge in [-0.1, -0.05) is 0 Å². The van der Waals surface area contributed by atoms with Gasteiger partial charge in [0.1, 0.15) is 5.82 Å². The Morgan fingerprint density at radius 1 is 1.41 bits per heavy atom. The zero-order valence-corrected chi connectivity index (χ0v) is 9.30. The summed E-state index contributed by atoms with van der Waals surface area (Å²) >= 11 is 0. The maximum absolute atomic E-state index is 10.5. The summed E-state index contributed by atoms with van der Waals surface area (Å²) < 4.78 is 0. The second-order valence-corrected chi connectivity index (χ2v) is 3.58. The van der Waals surface area contributed by atoms with E-state index in [2.05, 4.69) is 15.3 Å². The zero-order chi connectivity index (χ0) is 12.3. The number of nitrogens with one attached hydrogen (secondary N) is 2. The van der Waals surface area contributed by atoms with Gasteiger partial charge in [0.2, 0.25) is 0 Å². The maximum Gasteiger partial charge on any atom is 0.269 e. The molecule has 0 saturated heterocycles. The number of hydrogen-bond donors (Lipinski definition) is 2. The molecule has 0 aliphatic rings. The molecule has 2 rings (SSSR count). The Bertz CT molecular complexity index is 519. The van der Waals surface area contributed by atoms with E-state index in [1.54, 1.807) is 18.3 Å². The van der Waals surface area contributed by atoms with E-state index in [1.165, 1.54) is 12.1 Å². The Balaban J connectivity index is 2.23. The molecule has 2 aromatic rings. The molecule has 0 radical (unpaired) electrons. The normalized spacial score (nSPS) is 10.4. The average Bonchev–Trinajstić information content (AvgIpc) is 2.78. The highest BCUT2D eigenvalue weighted by Gasteiger charge is 2.06. The number of non-ortho nitro benzene ring substituents is 1. The van der Waals surface area contributed by atoms with Crippen LogP contribution in [0.15, 0.2) is 30.5 Å². The number of nitro groups is 1. The molecule has 0 aliphatic heterocycles. The molecule has 0 bridgehead atoms. The van der Waals surface area contributed by atoms with Crippen molar-refractivity contribution in [2.24, 2.45) is 0 Å². The molecule has 88 valence electrons. The third-order valence-corrected chi connectivity index (χ3v) is 2.36. The first-order valence-electron chi connectivity index (χ1n) is 5.14. The third kappa shape index (κ3) is 2.48. The average molecular weight is 232 g/mol. The van der Waals surface area contributed by atoms with E-state index in [0.29, 0.717) is 6.54 Å². The first-order valence-corrected chi connectivity index (χ1v) is 5.14. The van der Waals surface area contributed by atoms with Crippen LogP contribution in [-0.2, 0) is 6.54 Å². The summed E-state index contributed by atoms with van der Waals surface area (Å²) in [5.41, 5.74) is 1.82. The van der Waals surface area contributed by atoms with Crippen LogP contribution < -0.4 is 5.32 Å². The van der Waals surface area contributed by atoms with Gasteiger partial charge in [-0.05, 0) is 19.2 Å². The van der Waals surface area contributed by atoms with Crippen LogP contribution in [0.2, 0.25) is 0 Å². The van der Waals surface area contributed by atoms with Crippen molar-refractivity contribution in [2.75, 3.05) is 7.05 Å². The summed E-state index contributed by atoms with van der Waals surface area (Å²) in [5, 5.41) is 13.5. The highest BCUT2D eigenvalue weighted by Crippen LogP contribution is 2.20. The fraction of sp³-hybridized carbons (Fsp3) is 0.182. The van der Waals surface area contributed by atoms with E-state index in [1.807, 2.05) is 7.05 Å². The Kier molecular flexibility index (Phi) is 3.15. The highest BCUT2D eigenvalue weighted by atomic mass is 16.6. The number of nitro benzene ring substituents is 1. The second-order valence-electron chi connectivity index (χ2n) is 3.58. The molecule has 0 aliphatic carbocycles. The smallest absolute Gasteiger partial charge is 0.269 e. The molecular weight excluding hydrogens is 220 g/mol. The van der Waals surface area contributed by atoms with Gasteiger partial charge in [0.15, 0.2) is 0 Å². The first kappa shape index (κ1) is 11.3. The maximum atomic E-state index is 10.5. The summed E-state index contributed by atoms with van der Waals surface area (Å²) in [5.74, 6) is 0.834. The number of aromatic amines is 1. The number of benzene rings is 1. The van der Waals surface area contributed by atoms with Crippen LogP contribution in [0.5, 0.6) is 0 Å². The largest absolute Gasteiger partial charge is 0.341 e. The first-order chi connectivity index (χ1) is 8.20. The van der Waals surface area contributed by atoms with E-state index >= 15 is 0 Å². The molecular formula is C11H12N4O2. The fourth-order valence-electron chi connectivity index (χ4n) is 1.53. The number of hydrogen-bond acceptors (Lipinski definition) is 4. The molecule has 1 aromatic heterocycles. The van der Waals surface area contributed by atoms with Crippen molar-refractivity contribution in [3.63, 3.8) is 0 Å². The number of aromatic nitrogens is 2. The van der Waals surface area contributed by atoms with Crippen molar-refractivity contribution in [3.05, 3.63) is 46.4 Å². The molecule has 0 spiro atoms. The van der Waals surface area contributed by atoms with Crippen molar-refractivity contribution in [2.45, 2.75) is 6.54 Å². The lowest BCUT2D eigenvalue weighted by Crippen LogP contribution is -2.06. The number of imidazole rings is 1. The molecule has 0 unspecified atom stereocenters. The van der Waals surface area contributed by atoms with Gasteiger partial charge in [0.05, 0.1) is 23.4 Å². The highest BCUT2D eigenvalue weighted by molar-refractivity contribution is 5.60. The van der Waals surface area contributed by atoms with Gasteiger partial charge in [-0.25, -0.2) is 4.98 Å². The Labute approximate surface area is 97.9 Å². The SMILES string of the molecule is CNCc1ncc(-c2ccc([N+](=O)[O-])cc2)[nH]1. The summed E-state index contributed by atoms with van der Waals surface area (Å²) in [7, 11) is 1.84. The molecule has 0 atom stereocenters. The van der Waals surface area contributed by atoms with Gasteiger partial charge in [-0.2, -0.15) is 0 Å². The van der Waals surface area contributed by atoms with Gasteiger partial charge in [0.25, 0.3) is 5.69 Å². The van der Waals surface area contributed by atoms with E-state index in [-0.39, 0.29) is 5.69 Å². The summed E-state index contributed by atoms with van der Waals surface area (Å²) in [4.78, 5) is 17.4. The number of H-pyrrole nitrogens is 1. The van der Waals surface area contributed by atoms with Crippen LogP contribution in [0.3, 0.4) is 0 Å². The Morgan fingerprint density at radius 2 is 2.12 bits per heavy atom. The second kappa shape index (κ2) is 4.75. The van der Waals surface area contributed by atoms with E-state index < -0.39 is 4.92 Å². The van der Waals surface area contributed by atoms with Crippen molar-refractivity contribution < 1.29 is 4.92 Å². The van der Waals surface area contributed by atoms with Gasteiger partial charge in [-0.3, -0.25) is 10.1 Å². The van der Waals surface area contributed by atoms with Gasteiger partial charge in [0, 0.05) is 17.7 Å². The fourth-order valence-corrected chi connectivity index (χ4v) is 1.53. The molecule has 6 nitrogen and oxygen atoms in total. The van der Waals surface area contributed by atoms with Gasteiger partial charge >= 0.3 is 0 Å².